The molecule has 0 aliphatic carbocycles. The maximum Gasteiger partial charge on any atom is 0.159 e. The molecule has 2 aromatic carbocycles. The normalized spacial score (nSPS) is 11.6. The highest BCUT2D eigenvalue weighted by atomic mass is 19.1. The summed E-state index contributed by atoms with van der Waals surface area (Å²) in [5.74, 6) is 0.291. The summed E-state index contributed by atoms with van der Waals surface area (Å²) < 4.78 is 14.6. The van der Waals surface area contributed by atoms with Gasteiger partial charge < -0.3 is 20.9 Å². The predicted octanol–water partition coefficient (Wildman–Crippen LogP) is 4.93. The number of para-hydroxylation sites is 1. The van der Waals surface area contributed by atoms with Crippen LogP contribution in [0.4, 0.5) is 15.8 Å². The largest absolute Gasteiger partial charge is 0.397 e. The first-order valence-corrected chi connectivity index (χ1v) is 12.2. The topological polar surface area (TPSA) is 124 Å². The van der Waals surface area contributed by atoms with Crippen LogP contribution in [-0.2, 0) is 0 Å². The lowest BCUT2D eigenvalue weighted by Crippen LogP contribution is -2.20. The quantitative estimate of drug-likeness (QED) is 0.242. The molecule has 5 N–H and O–H groups in total. The van der Waals surface area contributed by atoms with E-state index in [-0.39, 0.29) is 5.82 Å². The van der Waals surface area contributed by atoms with Gasteiger partial charge in [0, 0.05) is 47.7 Å². The molecule has 0 radical (unpaired) electrons. The van der Waals surface area contributed by atoms with E-state index in [1.165, 1.54) is 12.1 Å². The Labute approximate surface area is 218 Å². The molecule has 0 saturated heterocycles. The second-order valence-corrected chi connectivity index (χ2v) is 9.44. The third kappa shape index (κ3) is 4.53. The zero-order valence-corrected chi connectivity index (χ0v) is 21.0. The van der Waals surface area contributed by atoms with Crippen LogP contribution in [0.1, 0.15) is 0 Å². The number of imidazole rings is 1. The number of halogens is 1. The van der Waals surface area contributed by atoms with Crippen LogP contribution in [0.15, 0.2) is 67.1 Å². The second-order valence-electron chi connectivity index (χ2n) is 9.44. The van der Waals surface area contributed by atoms with Crippen molar-refractivity contribution in [1.82, 2.24) is 35.0 Å². The molecule has 0 fully saturated rings. The van der Waals surface area contributed by atoms with Gasteiger partial charge in [0.05, 0.1) is 34.1 Å². The average Bonchev–Trinajstić information content (AvgIpc) is 3.51. The Bertz CT molecular complexity index is 1770. The molecule has 0 unspecified atom stereocenters. The van der Waals surface area contributed by atoms with E-state index in [9.17, 15) is 4.39 Å². The zero-order chi connectivity index (χ0) is 26.2. The Kier molecular flexibility index (Phi) is 5.93. The smallest absolute Gasteiger partial charge is 0.159 e. The maximum absolute atomic E-state index is 14.6. The van der Waals surface area contributed by atoms with E-state index in [0.717, 1.165) is 56.6 Å². The van der Waals surface area contributed by atoms with E-state index in [4.69, 9.17) is 10.7 Å². The molecule has 9 nitrogen and oxygen atoms in total. The minimum atomic E-state index is -0.308. The van der Waals surface area contributed by atoms with Crippen LogP contribution < -0.4 is 11.1 Å². The summed E-state index contributed by atoms with van der Waals surface area (Å²) in [5.41, 5.74) is 13.3. The van der Waals surface area contributed by atoms with Gasteiger partial charge in [0.2, 0.25) is 0 Å². The molecule has 10 heteroatoms. The number of anilines is 2. The van der Waals surface area contributed by atoms with Gasteiger partial charge in [0.1, 0.15) is 11.5 Å². The van der Waals surface area contributed by atoms with Crippen LogP contribution in [0.2, 0.25) is 0 Å². The molecular formula is C28H26FN9. The van der Waals surface area contributed by atoms with Crippen LogP contribution in [0.5, 0.6) is 0 Å². The second kappa shape index (κ2) is 9.56. The minimum absolute atomic E-state index is 0.308. The fraction of sp³-hybridized carbons (Fsp3) is 0.143. The Morgan fingerprint density at radius 2 is 1.89 bits per heavy atom. The molecule has 0 spiro atoms. The summed E-state index contributed by atoms with van der Waals surface area (Å²) in [7, 11) is 4.01. The van der Waals surface area contributed by atoms with Crippen molar-refractivity contribution in [2.24, 2.45) is 0 Å². The number of likely N-dealkylation sites (N-methyl/N-ethyl adjacent to an activating group) is 1. The lowest BCUT2D eigenvalue weighted by Gasteiger charge is -2.13. The number of pyridine rings is 2. The number of hydrogen-bond donors (Lipinski definition) is 4. The number of fused-ring (bicyclic) bond motifs is 2. The number of aromatic amines is 2. The van der Waals surface area contributed by atoms with Gasteiger partial charge in [0.25, 0.3) is 0 Å². The number of hydrogen-bond acceptors (Lipinski definition) is 7. The molecule has 0 aliphatic rings. The standard InChI is InChI=1S/C28H26FN9/c1-38(2)7-6-32-20-10-16(8-18(29)11-20)21-4-3-5-23-26(21)35-28(34-23)27-22-12-24(33-15-25(22)36-37-27)17-9-19(30)14-31-13-17/h3-5,8-15,32H,6-7,30H2,1-2H3,(H,34,35)(H,36,37). The first-order chi connectivity index (χ1) is 18.4. The molecule has 38 heavy (non-hydrogen) atoms. The summed E-state index contributed by atoms with van der Waals surface area (Å²) in [5, 5.41) is 11.7. The van der Waals surface area contributed by atoms with E-state index >= 15 is 0 Å². The van der Waals surface area contributed by atoms with Crippen molar-refractivity contribution in [1.29, 1.82) is 0 Å². The van der Waals surface area contributed by atoms with Gasteiger partial charge >= 0.3 is 0 Å². The third-order valence-corrected chi connectivity index (χ3v) is 6.34. The van der Waals surface area contributed by atoms with Gasteiger partial charge in [-0.2, -0.15) is 5.10 Å². The van der Waals surface area contributed by atoms with Crippen molar-refractivity contribution in [3.05, 3.63) is 72.9 Å². The summed E-state index contributed by atoms with van der Waals surface area (Å²) in [6, 6.07) is 14.6. The number of benzene rings is 2. The van der Waals surface area contributed by atoms with Gasteiger partial charge in [-0.3, -0.25) is 15.1 Å². The van der Waals surface area contributed by atoms with Crippen LogP contribution >= 0.6 is 0 Å². The average molecular weight is 508 g/mol. The van der Waals surface area contributed by atoms with Gasteiger partial charge in [0.15, 0.2) is 5.82 Å². The fourth-order valence-corrected chi connectivity index (χ4v) is 4.50. The third-order valence-electron chi connectivity index (χ3n) is 6.34. The lowest BCUT2D eigenvalue weighted by molar-refractivity contribution is 0.425. The molecule has 190 valence electrons. The van der Waals surface area contributed by atoms with E-state index in [1.54, 1.807) is 18.6 Å². The highest BCUT2D eigenvalue weighted by Crippen LogP contribution is 2.33. The minimum Gasteiger partial charge on any atom is -0.397 e. The number of aromatic nitrogens is 6. The van der Waals surface area contributed by atoms with E-state index in [1.807, 2.05) is 50.5 Å². The number of nitrogens with one attached hydrogen (secondary N) is 3. The van der Waals surface area contributed by atoms with E-state index < -0.39 is 0 Å². The molecule has 6 rings (SSSR count). The number of nitrogen functional groups attached to an aromatic ring is 1. The summed E-state index contributed by atoms with van der Waals surface area (Å²) in [4.78, 5) is 19.1. The molecule has 0 aliphatic heterocycles. The zero-order valence-electron chi connectivity index (χ0n) is 21.0. The van der Waals surface area contributed by atoms with Gasteiger partial charge in [-0.25, -0.2) is 9.37 Å². The van der Waals surface area contributed by atoms with Gasteiger partial charge in [-0.15, -0.1) is 0 Å². The Hall–Kier alpha value is -4.83. The van der Waals surface area contributed by atoms with Crippen molar-refractivity contribution in [3.63, 3.8) is 0 Å². The molecule has 4 heterocycles. The first kappa shape index (κ1) is 23.6. The van der Waals surface area contributed by atoms with Gasteiger partial charge in [-0.05, 0) is 56.1 Å². The van der Waals surface area contributed by atoms with Crippen molar-refractivity contribution in [2.75, 3.05) is 38.2 Å². The first-order valence-electron chi connectivity index (χ1n) is 12.2. The highest BCUT2D eigenvalue weighted by molar-refractivity contribution is 5.98. The molecule has 4 aromatic heterocycles. The Morgan fingerprint density at radius 3 is 2.74 bits per heavy atom. The molecule has 6 aromatic rings. The summed E-state index contributed by atoms with van der Waals surface area (Å²) in [6.45, 7) is 1.55. The van der Waals surface area contributed by atoms with Crippen LogP contribution in [-0.4, -0.2) is 62.2 Å². The number of nitrogens with two attached hydrogens (primary N) is 1. The number of H-pyrrole nitrogens is 2. The van der Waals surface area contributed by atoms with Crippen LogP contribution in [0.25, 0.3) is 55.8 Å². The van der Waals surface area contributed by atoms with Gasteiger partial charge in [-0.1, -0.05) is 12.1 Å². The molecule has 0 bridgehead atoms. The number of rotatable bonds is 7. The Balaban J connectivity index is 1.40. The van der Waals surface area contributed by atoms with Crippen molar-refractivity contribution in [2.45, 2.75) is 0 Å². The van der Waals surface area contributed by atoms with Crippen LogP contribution in [0.3, 0.4) is 0 Å². The monoisotopic (exact) mass is 507 g/mol. The summed E-state index contributed by atoms with van der Waals surface area (Å²) >= 11 is 0. The van der Waals surface area contributed by atoms with Crippen molar-refractivity contribution < 1.29 is 4.39 Å². The van der Waals surface area contributed by atoms with Crippen molar-refractivity contribution >= 4 is 33.3 Å². The predicted molar refractivity (Wildman–Crippen MR) is 149 cm³/mol. The highest BCUT2D eigenvalue weighted by Gasteiger charge is 2.17. The lowest BCUT2D eigenvalue weighted by atomic mass is 10.0. The molecule has 0 atom stereocenters. The molecular weight excluding hydrogens is 481 g/mol. The molecule has 0 amide bonds. The number of nitrogens with zero attached hydrogens (tertiary/aromatic N) is 5. The molecule has 0 saturated carbocycles. The van der Waals surface area contributed by atoms with E-state index in [0.29, 0.717) is 23.8 Å². The SMILES string of the molecule is CN(C)CCNc1cc(F)cc(-c2cccc3[nH]c(-c4n[nH]c5cnc(-c6cncc(N)c6)cc45)nc23)c1. The van der Waals surface area contributed by atoms with Crippen LogP contribution in [0, 0.1) is 5.82 Å². The summed E-state index contributed by atoms with van der Waals surface area (Å²) in [6.07, 6.45) is 5.05. The maximum atomic E-state index is 14.6. The fourth-order valence-electron chi connectivity index (χ4n) is 4.50. The van der Waals surface area contributed by atoms with E-state index in [2.05, 4.69) is 35.4 Å². The Morgan fingerprint density at radius 1 is 1.00 bits per heavy atom. The van der Waals surface area contributed by atoms with Crippen molar-refractivity contribution in [3.8, 4) is 33.9 Å².